The minimum absolute atomic E-state index is 0. The van der Waals surface area contributed by atoms with Gasteiger partial charge in [-0.1, -0.05) is 208 Å². The molecule has 0 nitrogen and oxygen atoms in total. The van der Waals surface area contributed by atoms with Crippen LogP contribution < -0.4 is 0 Å². The van der Waals surface area contributed by atoms with E-state index in [4.69, 9.17) is 0 Å². The normalized spacial score (nSPS) is 9.95. The fourth-order valence-corrected chi connectivity index (χ4v) is 2.37. The zero-order chi connectivity index (χ0) is 30.3. The summed E-state index contributed by atoms with van der Waals surface area (Å²) in [5, 5.41) is 0. The summed E-state index contributed by atoms with van der Waals surface area (Å²) in [7, 11) is 0. The Morgan fingerprint density at radius 1 is 0.400 bits per heavy atom. The van der Waals surface area contributed by atoms with Crippen molar-refractivity contribution in [2.24, 2.45) is 21.7 Å². The highest BCUT2D eigenvalue weighted by Gasteiger charge is 2.10. The maximum atomic E-state index is 2.29. The van der Waals surface area contributed by atoms with Crippen LogP contribution in [0.25, 0.3) is 0 Å². The zero-order valence-corrected chi connectivity index (χ0v) is 28.9. The van der Waals surface area contributed by atoms with E-state index in [9.17, 15) is 0 Å². The molecule has 0 N–H and O–H groups in total. The standard InChI is InChI=1S/C12H18.C11H16.2C5H12.2C2H6.3CH4/c1-12(2,3)10-9-11-7-5-4-6-8-11;1-11(2,3)9-10-7-5-4-6-8-10;2*1-5(2,3)4;2*1-2;;;/h4-8H,9-10H2,1-3H3;4-8H,9H2,1-3H3;2*1-4H3;2*1-2H3;3*1H4. The minimum Gasteiger partial charge on any atom is -0.0776 e. The number of benzene rings is 2. The Labute approximate surface area is 259 Å². The fourth-order valence-electron chi connectivity index (χ4n) is 2.37. The van der Waals surface area contributed by atoms with E-state index in [2.05, 4.69) is 158 Å². The van der Waals surface area contributed by atoms with Crippen LogP contribution in [-0.2, 0) is 12.8 Å². The number of aryl methyl sites for hydroxylation is 1. The lowest BCUT2D eigenvalue weighted by molar-refractivity contribution is 0.378. The second-order valence-corrected chi connectivity index (χ2v) is 14.8. The summed E-state index contributed by atoms with van der Waals surface area (Å²) in [6.45, 7) is 39.2. The molecule has 0 heteroatoms. The van der Waals surface area contributed by atoms with Gasteiger partial charge in [-0.2, -0.15) is 0 Å². The van der Waals surface area contributed by atoms with Gasteiger partial charge in [0.15, 0.2) is 0 Å². The molecule has 0 fully saturated rings. The van der Waals surface area contributed by atoms with Crippen molar-refractivity contribution in [1.29, 1.82) is 0 Å². The quantitative estimate of drug-likeness (QED) is 0.349. The number of hydrogen-bond donors (Lipinski definition) is 0. The van der Waals surface area contributed by atoms with Gasteiger partial charge >= 0.3 is 0 Å². The van der Waals surface area contributed by atoms with Gasteiger partial charge in [-0.05, 0) is 52.0 Å². The van der Waals surface area contributed by atoms with E-state index < -0.39 is 0 Å². The molecule has 0 saturated carbocycles. The third-order valence-corrected chi connectivity index (χ3v) is 3.58. The molecule has 0 amide bonds. The van der Waals surface area contributed by atoms with E-state index in [1.165, 1.54) is 24.0 Å². The number of hydrogen-bond acceptors (Lipinski definition) is 0. The Kier molecular flexibility index (Phi) is 39.5. The Hall–Kier alpha value is -1.56. The van der Waals surface area contributed by atoms with Crippen LogP contribution in [0.4, 0.5) is 0 Å². The first-order chi connectivity index (χ1) is 16.7. The van der Waals surface area contributed by atoms with Crippen LogP contribution in [0.3, 0.4) is 0 Å². The molecule has 40 heavy (non-hydrogen) atoms. The predicted octanol–water partition coefficient (Wildman–Crippen LogP) is 15.0. The van der Waals surface area contributed by atoms with Crippen LogP contribution in [0, 0.1) is 21.7 Å². The van der Waals surface area contributed by atoms with Gasteiger partial charge in [0, 0.05) is 0 Å². The maximum Gasteiger partial charge on any atom is -0.0230 e. The van der Waals surface area contributed by atoms with Gasteiger partial charge in [-0.3, -0.25) is 0 Å². The minimum atomic E-state index is 0. The molecule has 0 aliphatic heterocycles. The molecule has 0 heterocycles. The summed E-state index contributed by atoms with van der Waals surface area (Å²) in [6.07, 6.45) is 3.62. The highest BCUT2D eigenvalue weighted by Crippen LogP contribution is 2.21. The molecular formula is C40H82. The highest BCUT2D eigenvalue weighted by molar-refractivity contribution is 5.16. The molecule has 0 spiro atoms. The zero-order valence-electron chi connectivity index (χ0n) is 28.9. The van der Waals surface area contributed by atoms with Gasteiger partial charge in [0.1, 0.15) is 0 Å². The van der Waals surface area contributed by atoms with Crippen LogP contribution in [0.1, 0.15) is 164 Å². The molecular weight excluding hydrogens is 480 g/mol. The largest absolute Gasteiger partial charge is 0.0776 e. The molecule has 2 aromatic carbocycles. The summed E-state index contributed by atoms with van der Waals surface area (Å²) in [5.41, 5.74) is 4.74. The summed E-state index contributed by atoms with van der Waals surface area (Å²) < 4.78 is 0. The summed E-state index contributed by atoms with van der Waals surface area (Å²) in [4.78, 5) is 0. The predicted molar refractivity (Wildman–Crippen MR) is 197 cm³/mol. The van der Waals surface area contributed by atoms with Crippen LogP contribution in [0.2, 0.25) is 0 Å². The summed E-state index contributed by atoms with van der Waals surface area (Å²) in [5.74, 6) is 0. The fraction of sp³-hybridized carbons (Fsp3) is 0.700. The monoisotopic (exact) mass is 563 g/mol. The molecule has 0 aliphatic rings. The lowest BCUT2D eigenvalue weighted by atomic mass is 9.88. The second-order valence-electron chi connectivity index (χ2n) is 14.8. The van der Waals surface area contributed by atoms with Crippen molar-refractivity contribution in [2.75, 3.05) is 0 Å². The van der Waals surface area contributed by atoms with Crippen molar-refractivity contribution in [3.63, 3.8) is 0 Å². The van der Waals surface area contributed by atoms with E-state index in [-0.39, 0.29) is 22.3 Å². The smallest absolute Gasteiger partial charge is 0.0230 e. The summed E-state index contributed by atoms with van der Waals surface area (Å²) in [6, 6.07) is 21.3. The molecule has 0 atom stereocenters. The molecule has 2 rings (SSSR count). The van der Waals surface area contributed by atoms with E-state index in [1.54, 1.807) is 0 Å². The molecule has 0 bridgehead atoms. The lowest BCUT2D eigenvalue weighted by Gasteiger charge is -2.17. The third-order valence-electron chi connectivity index (χ3n) is 3.58. The Bertz CT molecular complexity index is 656. The van der Waals surface area contributed by atoms with Crippen LogP contribution in [-0.4, -0.2) is 0 Å². The van der Waals surface area contributed by atoms with Crippen molar-refractivity contribution in [3.05, 3.63) is 71.8 Å². The molecule has 242 valence electrons. The van der Waals surface area contributed by atoms with Gasteiger partial charge in [0.25, 0.3) is 0 Å². The van der Waals surface area contributed by atoms with E-state index in [0.717, 1.165) is 6.42 Å². The average molecular weight is 563 g/mol. The highest BCUT2D eigenvalue weighted by atomic mass is 14.2. The van der Waals surface area contributed by atoms with Crippen molar-refractivity contribution >= 4 is 0 Å². The first-order valence-corrected chi connectivity index (χ1v) is 14.7. The van der Waals surface area contributed by atoms with Gasteiger partial charge in [0.05, 0.1) is 0 Å². The molecule has 0 radical (unpaired) electrons. The molecule has 0 aromatic heterocycles. The van der Waals surface area contributed by atoms with Crippen molar-refractivity contribution < 1.29 is 0 Å². The van der Waals surface area contributed by atoms with Crippen LogP contribution in [0.15, 0.2) is 60.7 Å². The van der Waals surface area contributed by atoms with Gasteiger partial charge in [-0.15, -0.1) is 0 Å². The first kappa shape index (κ1) is 54.5. The van der Waals surface area contributed by atoms with Crippen molar-refractivity contribution in [3.8, 4) is 0 Å². The van der Waals surface area contributed by atoms with E-state index in [1.807, 2.05) is 27.7 Å². The topological polar surface area (TPSA) is 0 Å². The van der Waals surface area contributed by atoms with Gasteiger partial charge in [-0.25, -0.2) is 0 Å². The van der Waals surface area contributed by atoms with Crippen LogP contribution in [0.5, 0.6) is 0 Å². The Morgan fingerprint density at radius 2 is 0.650 bits per heavy atom. The molecule has 0 unspecified atom stereocenters. The lowest BCUT2D eigenvalue weighted by Crippen LogP contribution is -2.08. The molecule has 0 aliphatic carbocycles. The Morgan fingerprint density at radius 3 is 0.875 bits per heavy atom. The second kappa shape index (κ2) is 29.0. The van der Waals surface area contributed by atoms with Crippen LogP contribution >= 0.6 is 0 Å². The van der Waals surface area contributed by atoms with Crippen molar-refractivity contribution in [1.82, 2.24) is 0 Å². The van der Waals surface area contributed by atoms with Crippen molar-refractivity contribution in [2.45, 2.75) is 166 Å². The first-order valence-electron chi connectivity index (χ1n) is 14.7. The summed E-state index contributed by atoms with van der Waals surface area (Å²) >= 11 is 0. The maximum absolute atomic E-state index is 2.29. The average Bonchev–Trinajstić information content (AvgIpc) is 2.73. The molecule has 2 aromatic rings. The third kappa shape index (κ3) is 70.7. The van der Waals surface area contributed by atoms with E-state index in [0.29, 0.717) is 21.7 Å². The van der Waals surface area contributed by atoms with Gasteiger partial charge < -0.3 is 0 Å². The SMILES string of the molecule is C.C.C.CC.CC.CC(C)(C)C.CC(C)(C)C.CC(C)(C)CCc1ccccc1.CC(C)(C)Cc1ccccc1. The Balaban J connectivity index is -0.0000000719. The van der Waals surface area contributed by atoms with E-state index >= 15 is 0 Å². The molecule has 0 saturated heterocycles. The van der Waals surface area contributed by atoms with Gasteiger partial charge in [0.2, 0.25) is 0 Å². The number of rotatable bonds is 3.